The number of hydrogen-bond donors (Lipinski definition) is 0. The molecule has 7 unspecified atom stereocenters. The van der Waals surface area contributed by atoms with Gasteiger partial charge in [-0.25, -0.2) is 0 Å². The fraction of sp³-hybridized carbons (Fsp3) is 0.929. The average molecular weight is 443 g/mol. The van der Waals surface area contributed by atoms with Crippen molar-refractivity contribution in [2.45, 2.75) is 95.5 Å². The normalized spacial score (nSPS) is 50.8. The molecule has 4 aliphatic carbocycles. The van der Waals surface area contributed by atoms with Crippen molar-refractivity contribution in [3.63, 3.8) is 0 Å². The predicted octanol–water partition coefficient (Wildman–Crippen LogP) is 5.09. The van der Waals surface area contributed by atoms with E-state index in [1.165, 1.54) is 77.3 Å². The zero-order valence-corrected chi connectivity index (χ0v) is 21.3. The molecule has 2 spiro atoms. The summed E-state index contributed by atoms with van der Waals surface area (Å²) in [7, 11) is 6.52. The van der Waals surface area contributed by atoms with Crippen LogP contribution < -0.4 is 0 Å². The lowest BCUT2D eigenvalue weighted by Gasteiger charge is -2.59. The predicted molar refractivity (Wildman–Crippen MR) is 128 cm³/mol. The van der Waals surface area contributed by atoms with Crippen molar-refractivity contribution in [1.82, 2.24) is 9.80 Å². The minimum Gasteiger partial charge on any atom is -0.381 e. The molecule has 180 valence electrons. The second-order valence-electron chi connectivity index (χ2n) is 13.1. The van der Waals surface area contributed by atoms with Crippen molar-refractivity contribution >= 4 is 0 Å². The highest BCUT2D eigenvalue weighted by Crippen LogP contribution is 2.69. The Morgan fingerprint density at radius 2 is 1.72 bits per heavy atom. The molecular formula is C28H46N2O2. The Hall–Kier alpha value is -0.420. The fourth-order valence-electron chi connectivity index (χ4n) is 9.80. The number of allylic oxidation sites excluding steroid dienone is 1. The molecule has 0 N–H and O–H groups in total. The van der Waals surface area contributed by atoms with Crippen LogP contribution >= 0.6 is 0 Å². The zero-order chi connectivity index (χ0) is 22.4. The minimum absolute atomic E-state index is 0.00852. The summed E-state index contributed by atoms with van der Waals surface area (Å²) in [5, 5.41) is 0. The molecule has 0 aromatic rings. The van der Waals surface area contributed by atoms with Gasteiger partial charge in [0.1, 0.15) is 5.72 Å². The summed E-state index contributed by atoms with van der Waals surface area (Å²) in [5.74, 6) is 2.54. The number of methoxy groups -OCH3 is 1. The maximum absolute atomic E-state index is 7.38. The van der Waals surface area contributed by atoms with Crippen molar-refractivity contribution in [2.24, 2.45) is 28.6 Å². The van der Waals surface area contributed by atoms with E-state index in [1.807, 2.05) is 7.11 Å². The van der Waals surface area contributed by atoms with Crippen molar-refractivity contribution < 1.29 is 9.47 Å². The molecule has 2 heterocycles. The summed E-state index contributed by atoms with van der Waals surface area (Å²) >= 11 is 0. The summed E-state index contributed by atoms with van der Waals surface area (Å²) < 4.78 is 13.2. The number of likely N-dealkylation sites (tertiary alicyclic amines) is 1. The molecule has 6 rings (SSSR count). The van der Waals surface area contributed by atoms with Gasteiger partial charge >= 0.3 is 0 Å². The van der Waals surface area contributed by atoms with Gasteiger partial charge in [-0.3, -0.25) is 4.90 Å². The van der Waals surface area contributed by atoms with Crippen LogP contribution in [-0.4, -0.2) is 68.1 Å². The van der Waals surface area contributed by atoms with E-state index in [1.54, 1.807) is 5.57 Å². The molecule has 5 fully saturated rings. The summed E-state index contributed by atoms with van der Waals surface area (Å²) in [6.45, 7) is 8.74. The van der Waals surface area contributed by atoms with Crippen LogP contribution in [0.15, 0.2) is 11.6 Å². The molecule has 0 aromatic carbocycles. The first kappa shape index (κ1) is 22.1. The molecule has 4 heteroatoms. The second kappa shape index (κ2) is 7.29. The van der Waals surface area contributed by atoms with Crippen LogP contribution in [0, 0.1) is 28.6 Å². The van der Waals surface area contributed by atoms with E-state index in [4.69, 9.17) is 9.47 Å². The molecule has 6 aliphatic rings. The van der Waals surface area contributed by atoms with Gasteiger partial charge in [-0.1, -0.05) is 25.5 Å². The Labute approximate surface area is 196 Å². The number of fused-ring (bicyclic) bond motifs is 6. The van der Waals surface area contributed by atoms with Gasteiger partial charge in [0, 0.05) is 45.0 Å². The van der Waals surface area contributed by atoms with Gasteiger partial charge in [-0.2, -0.15) is 0 Å². The Morgan fingerprint density at radius 3 is 2.47 bits per heavy atom. The summed E-state index contributed by atoms with van der Waals surface area (Å²) in [4.78, 5) is 5.11. The van der Waals surface area contributed by atoms with Gasteiger partial charge in [0.25, 0.3) is 0 Å². The second-order valence-corrected chi connectivity index (χ2v) is 13.1. The van der Waals surface area contributed by atoms with Crippen molar-refractivity contribution in [3.8, 4) is 0 Å². The Kier molecular flexibility index (Phi) is 5.03. The van der Waals surface area contributed by atoms with Crippen LogP contribution in [-0.2, 0) is 9.47 Å². The molecule has 2 saturated heterocycles. The van der Waals surface area contributed by atoms with Crippen LogP contribution in [0.5, 0.6) is 0 Å². The Bertz CT molecular complexity index is 788. The zero-order valence-electron chi connectivity index (χ0n) is 21.3. The third-order valence-corrected chi connectivity index (χ3v) is 12.0. The number of likely N-dealkylation sites (N-methyl/N-ethyl adjacent to an activating group) is 1. The van der Waals surface area contributed by atoms with Crippen LogP contribution in [0.3, 0.4) is 0 Å². The number of rotatable bonds is 1. The minimum atomic E-state index is -0.00852. The molecule has 2 aliphatic heterocycles. The van der Waals surface area contributed by atoms with Crippen molar-refractivity contribution in [3.05, 3.63) is 11.6 Å². The van der Waals surface area contributed by atoms with E-state index in [9.17, 15) is 0 Å². The summed E-state index contributed by atoms with van der Waals surface area (Å²) in [6.07, 6.45) is 15.9. The molecule has 4 nitrogen and oxygen atoms in total. The lowest BCUT2D eigenvalue weighted by atomic mass is 9.47. The van der Waals surface area contributed by atoms with Crippen molar-refractivity contribution in [2.75, 3.05) is 40.8 Å². The van der Waals surface area contributed by atoms with Crippen molar-refractivity contribution in [1.29, 1.82) is 0 Å². The van der Waals surface area contributed by atoms with Crippen LogP contribution in [0.1, 0.15) is 78.1 Å². The van der Waals surface area contributed by atoms with Crippen LogP contribution in [0.25, 0.3) is 0 Å². The molecule has 0 bridgehead atoms. The molecular weight excluding hydrogens is 396 g/mol. The van der Waals surface area contributed by atoms with E-state index < -0.39 is 0 Å². The van der Waals surface area contributed by atoms with Gasteiger partial charge in [0.05, 0.1) is 11.7 Å². The highest BCUT2D eigenvalue weighted by atomic mass is 16.6. The Balaban J connectivity index is 1.28. The van der Waals surface area contributed by atoms with Crippen LogP contribution in [0.2, 0.25) is 0 Å². The quantitative estimate of drug-likeness (QED) is 0.528. The topological polar surface area (TPSA) is 24.9 Å². The SMILES string of the molecule is COC1CCC2(C)C(=CCC3C2CCC2(C)C3CCC23CN(C)C2(CCN(C)CC2)O3)C1. The number of nitrogens with zero attached hydrogens (tertiary/aromatic N) is 2. The maximum atomic E-state index is 7.38. The molecule has 0 aromatic heterocycles. The standard InChI is InChI=1S/C28H46N2O2/c1-25-11-8-21(31-5)18-20(25)6-7-22-23(25)9-12-26(2)24(22)10-13-27(26)19-30(4)28(32-27)14-16-29(3)17-15-28/h6,21-24H,7-19H2,1-5H3. The van der Waals surface area contributed by atoms with Gasteiger partial charge in [-0.05, 0) is 88.6 Å². The largest absolute Gasteiger partial charge is 0.381 e. The van der Waals surface area contributed by atoms with E-state index in [-0.39, 0.29) is 11.3 Å². The molecule has 32 heavy (non-hydrogen) atoms. The first-order chi connectivity index (χ1) is 15.3. The Morgan fingerprint density at radius 1 is 0.969 bits per heavy atom. The van der Waals surface area contributed by atoms with Gasteiger partial charge < -0.3 is 14.4 Å². The van der Waals surface area contributed by atoms with E-state index in [0.29, 0.717) is 16.9 Å². The smallest absolute Gasteiger partial charge is 0.124 e. The van der Waals surface area contributed by atoms with Gasteiger partial charge in [0.15, 0.2) is 0 Å². The lowest BCUT2D eigenvalue weighted by Crippen LogP contribution is -2.56. The summed E-state index contributed by atoms with van der Waals surface area (Å²) in [6, 6.07) is 0. The summed E-state index contributed by atoms with van der Waals surface area (Å²) in [5.41, 5.74) is 2.55. The van der Waals surface area contributed by atoms with E-state index >= 15 is 0 Å². The molecule has 0 radical (unpaired) electrons. The molecule has 7 atom stereocenters. The highest BCUT2D eigenvalue weighted by Gasteiger charge is 2.69. The third kappa shape index (κ3) is 2.82. The lowest BCUT2D eigenvalue weighted by molar-refractivity contribution is -0.203. The first-order valence-corrected chi connectivity index (χ1v) is 13.6. The van der Waals surface area contributed by atoms with E-state index in [0.717, 1.165) is 24.3 Å². The number of piperidine rings is 1. The monoisotopic (exact) mass is 442 g/mol. The first-order valence-electron chi connectivity index (χ1n) is 13.6. The highest BCUT2D eigenvalue weighted by molar-refractivity contribution is 5.27. The number of ether oxygens (including phenoxy) is 2. The van der Waals surface area contributed by atoms with Gasteiger partial charge in [-0.15, -0.1) is 0 Å². The van der Waals surface area contributed by atoms with E-state index in [2.05, 4.69) is 43.8 Å². The maximum Gasteiger partial charge on any atom is 0.124 e. The molecule has 3 saturated carbocycles. The number of hydrogen-bond acceptors (Lipinski definition) is 4. The average Bonchev–Trinajstić information content (AvgIpc) is 3.22. The van der Waals surface area contributed by atoms with Gasteiger partial charge in [0.2, 0.25) is 0 Å². The fourth-order valence-corrected chi connectivity index (χ4v) is 9.80. The third-order valence-electron chi connectivity index (χ3n) is 12.0. The van der Waals surface area contributed by atoms with Crippen LogP contribution in [0.4, 0.5) is 0 Å². The molecule has 0 amide bonds.